The Labute approximate surface area is 203 Å². The number of carbonyl (C=O) groups excluding carboxylic acids is 4. The van der Waals surface area contributed by atoms with Crippen molar-refractivity contribution in [2.24, 2.45) is 0 Å². The highest BCUT2D eigenvalue weighted by molar-refractivity contribution is 14.1. The van der Waals surface area contributed by atoms with Crippen molar-refractivity contribution in [3.05, 3.63) is 26.2 Å². The van der Waals surface area contributed by atoms with Crippen LogP contribution < -0.4 is 9.47 Å². The van der Waals surface area contributed by atoms with Gasteiger partial charge in [-0.25, -0.2) is 4.79 Å². The highest BCUT2D eigenvalue weighted by Crippen LogP contribution is 2.37. The summed E-state index contributed by atoms with van der Waals surface area (Å²) in [5.74, 6) is -0.445. The molecule has 2 saturated heterocycles. The van der Waals surface area contributed by atoms with Gasteiger partial charge in [-0.3, -0.25) is 19.3 Å². The number of nitrogens with zero attached hydrogens (tertiary/aromatic N) is 2. The fourth-order valence-electron chi connectivity index (χ4n) is 3.25. The lowest BCUT2D eigenvalue weighted by Gasteiger charge is -2.18. The normalized spacial score (nSPS) is 17.3. The third kappa shape index (κ3) is 5.74. The molecule has 0 aromatic heterocycles. The Morgan fingerprint density at radius 3 is 2.56 bits per heavy atom. The van der Waals surface area contributed by atoms with Gasteiger partial charge in [0.25, 0.3) is 11.1 Å². The molecule has 0 N–H and O–H groups in total. The second-order valence-corrected chi connectivity index (χ2v) is 9.14. The van der Waals surface area contributed by atoms with E-state index in [-0.39, 0.29) is 24.0 Å². The molecule has 2 heterocycles. The molecule has 172 valence electrons. The van der Waals surface area contributed by atoms with Crippen molar-refractivity contribution in [3.8, 4) is 11.5 Å². The SMILES string of the molecule is CCOc1cc(/C=C2/SC(=O)N(CC(=O)N3CCCC3)C2=O)cc(I)c1OCC(=O)OC. The fraction of sp³-hybridized carbons (Fsp3) is 0.429. The first kappa shape index (κ1) is 24.4. The first-order valence-corrected chi connectivity index (χ1v) is 11.9. The van der Waals surface area contributed by atoms with Crippen LogP contribution in [0.3, 0.4) is 0 Å². The number of ether oxygens (including phenoxy) is 3. The molecular formula is C21H23IN2O7S. The smallest absolute Gasteiger partial charge is 0.343 e. The van der Waals surface area contributed by atoms with Crippen LogP contribution in [-0.2, 0) is 19.1 Å². The van der Waals surface area contributed by atoms with Gasteiger partial charge in [0.05, 0.1) is 22.2 Å². The zero-order valence-electron chi connectivity index (χ0n) is 17.7. The van der Waals surface area contributed by atoms with Gasteiger partial charge in [-0.1, -0.05) is 0 Å². The summed E-state index contributed by atoms with van der Waals surface area (Å²) >= 11 is 2.84. The molecule has 0 aliphatic carbocycles. The number of amides is 3. The quantitative estimate of drug-likeness (QED) is 0.266. The van der Waals surface area contributed by atoms with Gasteiger partial charge in [0.2, 0.25) is 5.91 Å². The van der Waals surface area contributed by atoms with E-state index in [9.17, 15) is 19.2 Å². The number of carbonyl (C=O) groups is 4. The van der Waals surface area contributed by atoms with Gasteiger partial charge in [-0.15, -0.1) is 0 Å². The summed E-state index contributed by atoms with van der Waals surface area (Å²) in [5.41, 5.74) is 0.625. The van der Waals surface area contributed by atoms with Crippen LogP contribution in [0.15, 0.2) is 17.0 Å². The molecule has 0 unspecified atom stereocenters. The summed E-state index contributed by atoms with van der Waals surface area (Å²) in [6.07, 6.45) is 3.46. The van der Waals surface area contributed by atoms with Gasteiger partial charge in [-0.05, 0) is 77.9 Å². The van der Waals surface area contributed by atoms with Crippen LogP contribution in [0.25, 0.3) is 6.08 Å². The van der Waals surface area contributed by atoms with Crippen molar-refractivity contribution in [1.82, 2.24) is 9.80 Å². The molecule has 3 rings (SSSR count). The molecule has 2 aliphatic heterocycles. The van der Waals surface area contributed by atoms with Crippen molar-refractivity contribution in [2.45, 2.75) is 19.8 Å². The molecule has 2 aliphatic rings. The number of esters is 1. The lowest BCUT2D eigenvalue weighted by Crippen LogP contribution is -2.40. The minimum Gasteiger partial charge on any atom is -0.490 e. The molecule has 9 nitrogen and oxygen atoms in total. The predicted molar refractivity (Wildman–Crippen MR) is 126 cm³/mol. The molecule has 0 radical (unpaired) electrons. The standard InChI is InChI=1S/C21H23IN2O7S/c1-3-30-15-9-13(8-14(22)19(15)31-12-18(26)29-2)10-16-20(27)24(21(28)32-16)11-17(25)23-6-4-5-7-23/h8-10H,3-7,11-12H2,1-2H3/b16-10+. The van der Waals surface area contributed by atoms with Gasteiger partial charge in [0.15, 0.2) is 18.1 Å². The van der Waals surface area contributed by atoms with Crippen LogP contribution in [0.4, 0.5) is 4.79 Å². The molecule has 2 fully saturated rings. The topological polar surface area (TPSA) is 102 Å². The number of imide groups is 1. The second kappa shape index (κ2) is 11.0. The van der Waals surface area contributed by atoms with E-state index >= 15 is 0 Å². The second-order valence-electron chi connectivity index (χ2n) is 6.98. The van der Waals surface area contributed by atoms with Gasteiger partial charge < -0.3 is 19.1 Å². The van der Waals surface area contributed by atoms with Crippen molar-refractivity contribution in [1.29, 1.82) is 0 Å². The minimum absolute atomic E-state index is 0.216. The van der Waals surface area contributed by atoms with Crippen molar-refractivity contribution in [2.75, 3.05) is 40.0 Å². The molecule has 1 aromatic carbocycles. The molecule has 0 bridgehead atoms. The van der Waals surface area contributed by atoms with Crippen molar-refractivity contribution < 1.29 is 33.4 Å². The van der Waals surface area contributed by atoms with Gasteiger partial charge in [0.1, 0.15) is 6.54 Å². The Balaban J connectivity index is 1.79. The molecule has 3 amide bonds. The largest absolute Gasteiger partial charge is 0.490 e. The van der Waals surface area contributed by atoms with Crippen molar-refractivity contribution in [3.63, 3.8) is 0 Å². The highest BCUT2D eigenvalue weighted by Gasteiger charge is 2.37. The van der Waals surface area contributed by atoms with Crippen LogP contribution in [0.2, 0.25) is 0 Å². The monoisotopic (exact) mass is 574 g/mol. The summed E-state index contributed by atoms with van der Waals surface area (Å²) in [5, 5.41) is -0.466. The third-order valence-corrected chi connectivity index (χ3v) is 6.53. The average Bonchev–Trinajstić information content (AvgIpc) is 3.38. The summed E-state index contributed by atoms with van der Waals surface area (Å²) in [7, 11) is 1.27. The Morgan fingerprint density at radius 1 is 1.19 bits per heavy atom. The summed E-state index contributed by atoms with van der Waals surface area (Å²) in [6.45, 7) is 2.98. The number of benzene rings is 1. The Bertz CT molecular complexity index is 960. The number of likely N-dealkylation sites (tertiary alicyclic amines) is 1. The number of hydrogen-bond acceptors (Lipinski definition) is 8. The van der Waals surface area contributed by atoms with Gasteiger partial charge in [0, 0.05) is 13.1 Å². The van der Waals surface area contributed by atoms with E-state index in [1.165, 1.54) is 7.11 Å². The molecule has 0 saturated carbocycles. The number of thioether (sulfide) groups is 1. The van der Waals surface area contributed by atoms with Crippen molar-refractivity contribution >= 4 is 63.5 Å². The maximum Gasteiger partial charge on any atom is 0.343 e. The maximum absolute atomic E-state index is 12.8. The fourth-order valence-corrected chi connectivity index (χ4v) is 4.87. The van der Waals surface area contributed by atoms with Crippen LogP contribution in [0.5, 0.6) is 11.5 Å². The lowest BCUT2D eigenvalue weighted by molar-refractivity contribution is -0.143. The van der Waals surface area contributed by atoms with E-state index < -0.39 is 17.1 Å². The molecule has 32 heavy (non-hydrogen) atoms. The molecule has 0 atom stereocenters. The number of halogens is 1. The third-order valence-electron chi connectivity index (χ3n) is 4.82. The van der Waals surface area contributed by atoms with Crippen LogP contribution in [0.1, 0.15) is 25.3 Å². The Hall–Kier alpha value is -2.28. The molecule has 11 heteroatoms. The van der Waals surface area contributed by atoms with E-state index in [1.807, 2.05) is 29.5 Å². The minimum atomic E-state index is -0.524. The summed E-state index contributed by atoms with van der Waals surface area (Å²) in [6, 6.07) is 3.42. The summed E-state index contributed by atoms with van der Waals surface area (Å²) in [4.78, 5) is 51.8. The predicted octanol–water partition coefficient (Wildman–Crippen LogP) is 2.90. The Morgan fingerprint density at radius 2 is 1.91 bits per heavy atom. The molecular weight excluding hydrogens is 551 g/mol. The van der Waals surface area contributed by atoms with E-state index in [0.29, 0.717) is 40.3 Å². The zero-order chi connectivity index (χ0) is 23.3. The zero-order valence-corrected chi connectivity index (χ0v) is 20.7. The van der Waals surface area contributed by atoms with E-state index in [4.69, 9.17) is 9.47 Å². The number of hydrogen-bond donors (Lipinski definition) is 0. The highest BCUT2D eigenvalue weighted by atomic mass is 127. The van der Waals surface area contributed by atoms with E-state index in [2.05, 4.69) is 4.74 Å². The molecule has 1 aromatic rings. The maximum atomic E-state index is 12.8. The van der Waals surface area contributed by atoms with Crippen LogP contribution in [0, 0.1) is 3.57 Å². The first-order chi connectivity index (χ1) is 15.3. The van der Waals surface area contributed by atoms with Gasteiger partial charge in [-0.2, -0.15) is 0 Å². The summed E-state index contributed by atoms with van der Waals surface area (Å²) < 4.78 is 16.4. The van der Waals surface area contributed by atoms with Crippen LogP contribution in [-0.4, -0.2) is 72.8 Å². The number of rotatable bonds is 8. The average molecular weight is 574 g/mol. The lowest BCUT2D eigenvalue weighted by atomic mass is 10.2. The number of methoxy groups -OCH3 is 1. The van der Waals surface area contributed by atoms with E-state index in [1.54, 1.807) is 23.1 Å². The Kier molecular flexibility index (Phi) is 8.40. The first-order valence-electron chi connectivity index (χ1n) is 10.0. The van der Waals surface area contributed by atoms with Crippen LogP contribution >= 0.6 is 34.4 Å². The molecule has 0 spiro atoms. The van der Waals surface area contributed by atoms with E-state index in [0.717, 1.165) is 29.5 Å². The van der Waals surface area contributed by atoms with Gasteiger partial charge >= 0.3 is 5.97 Å².